The molecule has 2 aromatic rings. The number of ether oxygens (including phenoxy) is 1. The van der Waals surface area contributed by atoms with E-state index in [0.717, 1.165) is 23.2 Å². The van der Waals surface area contributed by atoms with Crippen molar-refractivity contribution >= 4 is 35.0 Å². The van der Waals surface area contributed by atoms with Crippen molar-refractivity contribution in [3.63, 3.8) is 0 Å². The third-order valence-electron chi connectivity index (χ3n) is 3.77. The van der Waals surface area contributed by atoms with Gasteiger partial charge in [-0.2, -0.15) is 11.3 Å². The molecule has 1 aliphatic rings. The fourth-order valence-corrected chi connectivity index (χ4v) is 3.36. The van der Waals surface area contributed by atoms with Crippen LogP contribution in [0.4, 0.5) is 5.69 Å². The molecule has 0 saturated carbocycles. The third-order valence-corrected chi connectivity index (χ3v) is 4.47. The lowest BCUT2D eigenvalue weighted by Crippen LogP contribution is -2.38. The van der Waals surface area contributed by atoms with Crippen LogP contribution >= 0.6 is 11.3 Å². The van der Waals surface area contributed by atoms with Gasteiger partial charge in [0.05, 0.1) is 0 Å². The standard InChI is InChI=1S/C18H17NO3S/c1-13-10-15-4-2-3-5-16(15)19(13)17(20)11-22-18(21)7-6-14-8-9-23-12-14/h2-9,12-13H,10-11H2,1H3/b7-6+/t13-/m0/s1. The second kappa shape index (κ2) is 6.79. The van der Waals surface area contributed by atoms with E-state index in [1.807, 2.05) is 48.0 Å². The van der Waals surface area contributed by atoms with Crippen molar-refractivity contribution in [1.29, 1.82) is 0 Å². The highest BCUT2D eigenvalue weighted by Crippen LogP contribution is 2.31. The molecule has 1 aromatic carbocycles. The minimum atomic E-state index is -0.510. The van der Waals surface area contributed by atoms with E-state index in [-0.39, 0.29) is 18.6 Å². The number of thiophene rings is 1. The summed E-state index contributed by atoms with van der Waals surface area (Å²) < 4.78 is 5.06. The van der Waals surface area contributed by atoms with E-state index in [4.69, 9.17) is 4.74 Å². The van der Waals surface area contributed by atoms with E-state index in [9.17, 15) is 9.59 Å². The zero-order chi connectivity index (χ0) is 16.2. The molecule has 1 atom stereocenters. The zero-order valence-electron chi connectivity index (χ0n) is 12.8. The molecule has 0 unspecified atom stereocenters. The number of rotatable bonds is 4. The molecule has 4 nitrogen and oxygen atoms in total. The minimum Gasteiger partial charge on any atom is -0.452 e. The van der Waals surface area contributed by atoms with Crippen molar-refractivity contribution in [1.82, 2.24) is 0 Å². The van der Waals surface area contributed by atoms with Gasteiger partial charge in [0.25, 0.3) is 5.91 Å². The van der Waals surface area contributed by atoms with Gasteiger partial charge in [0, 0.05) is 17.8 Å². The molecule has 0 radical (unpaired) electrons. The number of anilines is 1. The van der Waals surface area contributed by atoms with Crippen LogP contribution in [0, 0.1) is 0 Å². The Balaban J connectivity index is 1.58. The van der Waals surface area contributed by atoms with Crippen LogP contribution in [0.25, 0.3) is 6.08 Å². The lowest BCUT2D eigenvalue weighted by atomic mass is 10.1. The lowest BCUT2D eigenvalue weighted by molar-refractivity contribution is -0.143. The quantitative estimate of drug-likeness (QED) is 0.639. The Kier molecular flexibility index (Phi) is 4.57. The van der Waals surface area contributed by atoms with Crippen LogP contribution in [0.3, 0.4) is 0 Å². The number of esters is 1. The fourth-order valence-electron chi connectivity index (χ4n) is 2.73. The summed E-state index contributed by atoms with van der Waals surface area (Å²) in [7, 11) is 0. The summed E-state index contributed by atoms with van der Waals surface area (Å²) in [5.41, 5.74) is 3.01. The van der Waals surface area contributed by atoms with E-state index in [1.165, 1.54) is 6.08 Å². The van der Waals surface area contributed by atoms with Crippen LogP contribution in [-0.4, -0.2) is 24.5 Å². The van der Waals surface area contributed by atoms with Gasteiger partial charge in [-0.1, -0.05) is 18.2 Å². The highest BCUT2D eigenvalue weighted by molar-refractivity contribution is 7.08. The van der Waals surface area contributed by atoms with Crippen molar-refractivity contribution < 1.29 is 14.3 Å². The second-order valence-corrected chi connectivity index (χ2v) is 6.22. The maximum atomic E-state index is 12.4. The molecule has 0 bridgehead atoms. The van der Waals surface area contributed by atoms with E-state index in [0.29, 0.717) is 0 Å². The average molecular weight is 327 g/mol. The molecule has 5 heteroatoms. The number of fused-ring (bicyclic) bond motifs is 1. The molecule has 3 rings (SSSR count). The molecular weight excluding hydrogens is 310 g/mol. The van der Waals surface area contributed by atoms with Crippen LogP contribution in [0.1, 0.15) is 18.1 Å². The van der Waals surface area contributed by atoms with Gasteiger partial charge in [-0.3, -0.25) is 4.79 Å². The summed E-state index contributed by atoms with van der Waals surface area (Å²) in [6.45, 7) is 1.75. The van der Waals surface area contributed by atoms with E-state index < -0.39 is 5.97 Å². The predicted octanol–water partition coefficient (Wildman–Crippen LogP) is 3.28. The number of hydrogen-bond acceptors (Lipinski definition) is 4. The smallest absolute Gasteiger partial charge is 0.331 e. The molecule has 23 heavy (non-hydrogen) atoms. The number of carbonyl (C=O) groups is 2. The highest BCUT2D eigenvalue weighted by Gasteiger charge is 2.30. The first-order valence-electron chi connectivity index (χ1n) is 7.42. The summed E-state index contributed by atoms with van der Waals surface area (Å²) >= 11 is 1.56. The number of nitrogens with zero attached hydrogens (tertiary/aromatic N) is 1. The Morgan fingerprint density at radius 2 is 2.17 bits per heavy atom. The molecule has 0 fully saturated rings. The number of hydrogen-bond donors (Lipinski definition) is 0. The first-order valence-corrected chi connectivity index (χ1v) is 8.36. The second-order valence-electron chi connectivity index (χ2n) is 5.44. The highest BCUT2D eigenvalue weighted by atomic mass is 32.1. The van der Waals surface area contributed by atoms with Gasteiger partial charge in [-0.15, -0.1) is 0 Å². The number of amides is 1. The van der Waals surface area contributed by atoms with Crippen molar-refractivity contribution in [2.45, 2.75) is 19.4 Å². The summed E-state index contributed by atoms with van der Waals surface area (Å²) in [5.74, 6) is -0.704. The van der Waals surface area contributed by atoms with E-state index in [1.54, 1.807) is 22.3 Å². The first-order chi connectivity index (χ1) is 11.1. The van der Waals surface area contributed by atoms with Crippen LogP contribution in [0.2, 0.25) is 0 Å². The Labute approximate surface area is 139 Å². The Hall–Kier alpha value is -2.40. The zero-order valence-corrected chi connectivity index (χ0v) is 13.6. The average Bonchev–Trinajstić information content (AvgIpc) is 3.17. The van der Waals surface area contributed by atoms with E-state index >= 15 is 0 Å². The summed E-state index contributed by atoms with van der Waals surface area (Å²) in [5, 5.41) is 3.86. The lowest BCUT2D eigenvalue weighted by Gasteiger charge is -2.22. The van der Waals surface area contributed by atoms with Gasteiger partial charge in [-0.25, -0.2) is 4.79 Å². The monoisotopic (exact) mass is 327 g/mol. The van der Waals surface area contributed by atoms with Crippen LogP contribution < -0.4 is 4.90 Å². The maximum Gasteiger partial charge on any atom is 0.331 e. The Morgan fingerprint density at radius 1 is 1.35 bits per heavy atom. The van der Waals surface area contributed by atoms with Crippen LogP contribution in [-0.2, 0) is 20.7 Å². The molecule has 1 aliphatic heterocycles. The minimum absolute atomic E-state index is 0.0833. The predicted molar refractivity (Wildman–Crippen MR) is 91.4 cm³/mol. The summed E-state index contributed by atoms with van der Waals surface area (Å²) in [6.07, 6.45) is 3.85. The third kappa shape index (κ3) is 3.51. The van der Waals surface area contributed by atoms with E-state index in [2.05, 4.69) is 0 Å². The molecule has 2 heterocycles. The van der Waals surface area contributed by atoms with Gasteiger partial charge in [0.1, 0.15) is 0 Å². The number of carbonyl (C=O) groups excluding carboxylic acids is 2. The van der Waals surface area contributed by atoms with Crippen LogP contribution in [0.5, 0.6) is 0 Å². The van der Waals surface area contributed by atoms with Crippen molar-refractivity contribution in [2.75, 3.05) is 11.5 Å². The molecule has 1 amide bonds. The molecular formula is C18H17NO3S. The topological polar surface area (TPSA) is 46.6 Å². The Morgan fingerprint density at radius 3 is 2.96 bits per heavy atom. The Bertz CT molecular complexity index is 736. The molecule has 0 aliphatic carbocycles. The van der Waals surface area contributed by atoms with Crippen molar-refractivity contribution in [3.8, 4) is 0 Å². The van der Waals surface area contributed by atoms with Gasteiger partial charge in [0.2, 0.25) is 0 Å². The van der Waals surface area contributed by atoms with Gasteiger partial charge in [-0.05, 0) is 53.4 Å². The van der Waals surface area contributed by atoms with Crippen LogP contribution in [0.15, 0.2) is 47.2 Å². The molecule has 1 aromatic heterocycles. The molecule has 118 valence electrons. The van der Waals surface area contributed by atoms with Gasteiger partial charge < -0.3 is 9.64 Å². The first kappa shape index (κ1) is 15.5. The summed E-state index contributed by atoms with van der Waals surface area (Å²) in [4.78, 5) is 25.8. The van der Waals surface area contributed by atoms with Gasteiger partial charge >= 0.3 is 5.97 Å². The summed E-state index contributed by atoms with van der Waals surface area (Å²) in [6, 6.07) is 9.81. The number of para-hydroxylation sites is 1. The SMILES string of the molecule is C[C@H]1Cc2ccccc2N1C(=O)COC(=O)/C=C/c1ccsc1. The molecule has 0 spiro atoms. The van der Waals surface area contributed by atoms with Crippen molar-refractivity contribution in [3.05, 3.63) is 58.3 Å². The molecule has 0 saturated heterocycles. The normalized spacial score (nSPS) is 16.6. The fraction of sp³-hybridized carbons (Fsp3) is 0.222. The maximum absolute atomic E-state index is 12.4. The largest absolute Gasteiger partial charge is 0.452 e. The molecule has 0 N–H and O–H groups in total. The van der Waals surface area contributed by atoms with Gasteiger partial charge in [0.15, 0.2) is 6.61 Å². The van der Waals surface area contributed by atoms with Crippen molar-refractivity contribution in [2.24, 2.45) is 0 Å². The number of benzene rings is 1.